The van der Waals surface area contributed by atoms with Gasteiger partial charge >= 0.3 is 0 Å². The summed E-state index contributed by atoms with van der Waals surface area (Å²) >= 11 is 0. The lowest BCUT2D eigenvalue weighted by Crippen LogP contribution is -2.24. The van der Waals surface area contributed by atoms with E-state index in [-0.39, 0.29) is 5.92 Å². The Balaban J connectivity index is 2.71. The Kier molecular flexibility index (Phi) is 3.26. The molecule has 0 saturated carbocycles. The van der Waals surface area contributed by atoms with Gasteiger partial charge in [-0.15, -0.1) is 0 Å². The van der Waals surface area contributed by atoms with Gasteiger partial charge < -0.3 is 5.11 Å². The van der Waals surface area contributed by atoms with Crippen LogP contribution in [-0.2, 0) is 0 Å². The van der Waals surface area contributed by atoms with Gasteiger partial charge in [-0.3, -0.25) is 0 Å². The second-order valence-electron chi connectivity index (χ2n) is 2.87. The van der Waals surface area contributed by atoms with Crippen LogP contribution in [0.1, 0.15) is 18.4 Å². The van der Waals surface area contributed by atoms with Gasteiger partial charge in [-0.2, -0.15) is 0 Å². The minimum atomic E-state index is -0.590. The highest BCUT2D eigenvalue weighted by molar-refractivity contribution is 5.19. The first-order valence-corrected chi connectivity index (χ1v) is 4.07. The fraction of sp³-hybridized carbons (Fsp3) is 0.400. The first-order valence-electron chi connectivity index (χ1n) is 4.07. The number of likely N-dealkylation sites (N-methyl/N-ethyl adjacent to an activating group) is 1. The van der Waals surface area contributed by atoms with Crippen molar-refractivity contribution in [3.05, 3.63) is 35.9 Å². The molecule has 1 aromatic carbocycles. The molecule has 2 atom stereocenters. The van der Waals surface area contributed by atoms with Gasteiger partial charge in [-0.25, -0.2) is 5.32 Å². The van der Waals surface area contributed by atoms with Crippen molar-refractivity contribution >= 4 is 0 Å². The lowest BCUT2D eigenvalue weighted by Gasteiger charge is -2.16. The smallest absolute Gasteiger partial charge is 0.126 e. The minimum Gasteiger partial charge on any atom is -0.376 e. The molecule has 0 aliphatic carbocycles. The van der Waals surface area contributed by atoms with Crippen molar-refractivity contribution in [2.45, 2.75) is 19.1 Å². The maximum absolute atomic E-state index is 9.41. The molecule has 0 amide bonds. The topological polar surface area (TPSA) is 34.3 Å². The average Bonchev–Trinajstić information content (AvgIpc) is 2.17. The van der Waals surface area contributed by atoms with E-state index in [4.69, 9.17) is 0 Å². The molecule has 0 heterocycles. The third-order valence-corrected chi connectivity index (χ3v) is 2.04. The van der Waals surface area contributed by atoms with Crippen LogP contribution in [0.4, 0.5) is 0 Å². The van der Waals surface area contributed by atoms with E-state index in [1.54, 1.807) is 7.05 Å². The zero-order chi connectivity index (χ0) is 8.97. The molecule has 0 aliphatic heterocycles. The van der Waals surface area contributed by atoms with Crippen molar-refractivity contribution in [1.82, 2.24) is 5.32 Å². The van der Waals surface area contributed by atoms with Gasteiger partial charge in [0, 0.05) is 13.0 Å². The Hall–Kier alpha value is -0.860. The van der Waals surface area contributed by atoms with E-state index in [1.807, 2.05) is 37.3 Å². The molecule has 0 unspecified atom stereocenters. The number of hydrogen-bond donors (Lipinski definition) is 1. The zero-order valence-electron chi connectivity index (χ0n) is 7.44. The largest absolute Gasteiger partial charge is 0.376 e. The highest BCUT2D eigenvalue weighted by atomic mass is 16.3. The summed E-state index contributed by atoms with van der Waals surface area (Å²) in [6.07, 6.45) is -0.590. The van der Waals surface area contributed by atoms with Crippen LogP contribution in [0.2, 0.25) is 0 Å². The molecule has 0 spiro atoms. The predicted molar refractivity (Wildman–Crippen MR) is 48.9 cm³/mol. The molecule has 2 nitrogen and oxygen atoms in total. The maximum Gasteiger partial charge on any atom is 0.126 e. The number of aliphatic hydroxyl groups is 1. The van der Waals surface area contributed by atoms with E-state index in [9.17, 15) is 5.11 Å². The van der Waals surface area contributed by atoms with E-state index in [2.05, 4.69) is 5.32 Å². The number of aliphatic hydroxyl groups excluding tert-OH is 1. The van der Waals surface area contributed by atoms with Gasteiger partial charge in [0.2, 0.25) is 0 Å². The van der Waals surface area contributed by atoms with Crippen LogP contribution in [0.15, 0.2) is 30.3 Å². The van der Waals surface area contributed by atoms with Crippen LogP contribution in [0.5, 0.6) is 0 Å². The van der Waals surface area contributed by atoms with Gasteiger partial charge in [-0.05, 0) is 5.56 Å². The zero-order valence-corrected chi connectivity index (χ0v) is 7.44. The van der Waals surface area contributed by atoms with Crippen molar-refractivity contribution in [3.63, 3.8) is 0 Å². The summed E-state index contributed by atoms with van der Waals surface area (Å²) in [6, 6.07) is 9.90. The molecule has 1 radical (unpaired) electrons. The summed E-state index contributed by atoms with van der Waals surface area (Å²) in [6.45, 7) is 1.97. The monoisotopic (exact) mass is 164 g/mol. The van der Waals surface area contributed by atoms with Crippen molar-refractivity contribution in [1.29, 1.82) is 0 Å². The Bertz CT molecular complexity index is 223. The molecule has 0 aliphatic rings. The molecule has 0 aromatic heterocycles. The summed E-state index contributed by atoms with van der Waals surface area (Å²) in [5.74, 6) is 0.0798. The van der Waals surface area contributed by atoms with Crippen molar-refractivity contribution in [2.24, 2.45) is 0 Å². The van der Waals surface area contributed by atoms with Crippen LogP contribution in [-0.4, -0.2) is 18.4 Å². The highest BCUT2D eigenvalue weighted by Gasteiger charge is 2.13. The third-order valence-electron chi connectivity index (χ3n) is 2.04. The summed E-state index contributed by atoms with van der Waals surface area (Å²) in [7, 11) is 1.63. The minimum absolute atomic E-state index is 0.0798. The Morgan fingerprint density at radius 1 is 1.25 bits per heavy atom. The maximum atomic E-state index is 9.41. The fourth-order valence-electron chi connectivity index (χ4n) is 1.15. The predicted octanol–water partition coefficient (Wildman–Crippen LogP) is 1.34. The van der Waals surface area contributed by atoms with Gasteiger partial charge in [0.1, 0.15) is 6.23 Å². The van der Waals surface area contributed by atoms with Crippen LogP contribution >= 0.6 is 0 Å². The van der Waals surface area contributed by atoms with Crippen molar-refractivity contribution in [2.75, 3.05) is 7.05 Å². The molecule has 1 rings (SSSR count). The molecule has 1 N–H and O–H groups in total. The third kappa shape index (κ3) is 2.06. The Morgan fingerprint density at radius 3 is 2.33 bits per heavy atom. The molecule has 65 valence electrons. The SMILES string of the molecule is C[N][C@@H](O)[C@H](C)c1ccccc1. The molecule has 0 bridgehead atoms. The second-order valence-corrected chi connectivity index (χ2v) is 2.87. The molecule has 0 fully saturated rings. The molecule has 2 heteroatoms. The average molecular weight is 164 g/mol. The molecular weight excluding hydrogens is 150 g/mol. The van der Waals surface area contributed by atoms with E-state index < -0.39 is 6.23 Å². The van der Waals surface area contributed by atoms with E-state index in [0.717, 1.165) is 5.56 Å². The number of benzene rings is 1. The Morgan fingerprint density at radius 2 is 1.83 bits per heavy atom. The molecule has 12 heavy (non-hydrogen) atoms. The molecular formula is C10H14NO. The molecule has 1 aromatic rings. The van der Waals surface area contributed by atoms with Crippen molar-refractivity contribution in [3.8, 4) is 0 Å². The van der Waals surface area contributed by atoms with Crippen LogP contribution in [0.3, 0.4) is 0 Å². The quantitative estimate of drug-likeness (QED) is 0.718. The number of hydrogen-bond acceptors (Lipinski definition) is 1. The van der Waals surface area contributed by atoms with Crippen molar-refractivity contribution < 1.29 is 5.11 Å². The highest BCUT2D eigenvalue weighted by Crippen LogP contribution is 2.17. The summed E-state index contributed by atoms with van der Waals surface area (Å²) in [4.78, 5) is 0. The lowest BCUT2D eigenvalue weighted by atomic mass is 10.00. The lowest BCUT2D eigenvalue weighted by molar-refractivity contribution is 0.118. The van der Waals surface area contributed by atoms with Crippen LogP contribution in [0, 0.1) is 0 Å². The number of nitrogens with zero attached hydrogens (tertiary/aromatic N) is 1. The first-order chi connectivity index (χ1) is 5.75. The van der Waals surface area contributed by atoms with Crippen LogP contribution < -0.4 is 5.32 Å². The standard InChI is InChI=1S/C10H14NO/c1-8(10(12)11-2)9-6-4-3-5-7-9/h3-8,10,12H,1-2H3/t8-,10+/m1/s1. The van der Waals surface area contributed by atoms with Gasteiger partial charge in [-0.1, -0.05) is 37.3 Å². The van der Waals surface area contributed by atoms with E-state index >= 15 is 0 Å². The second kappa shape index (κ2) is 4.24. The van der Waals surface area contributed by atoms with E-state index in [1.165, 1.54) is 0 Å². The van der Waals surface area contributed by atoms with Gasteiger partial charge in [0.05, 0.1) is 0 Å². The number of rotatable bonds is 3. The molecule has 0 saturated heterocycles. The van der Waals surface area contributed by atoms with E-state index in [0.29, 0.717) is 0 Å². The summed E-state index contributed by atoms with van der Waals surface area (Å²) in [5, 5.41) is 13.2. The van der Waals surface area contributed by atoms with Crippen LogP contribution in [0.25, 0.3) is 0 Å². The van der Waals surface area contributed by atoms with Gasteiger partial charge in [0.15, 0.2) is 0 Å². The summed E-state index contributed by atoms with van der Waals surface area (Å²) in [5.41, 5.74) is 1.12. The van der Waals surface area contributed by atoms with Gasteiger partial charge in [0.25, 0.3) is 0 Å². The normalized spacial score (nSPS) is 15.6. The first kappa shape index (κ1) is 9.23. The fourth-order valence-corrected chi connectivity index (χ4v) is 1.15. The summed E-state index contributed by atoms with van der Waals surface area (Å²) < 4.78 is 0. The Labute approximate surface area is 73.2 Å².